The SMILES string of the molecule is O=C(O)[C@@H](O)[C@H](O)C(=O)O.O=C1c2ccccc2C(=O)N1[C@@H]1CCCNC1. The molecule has 0 spiro atoms. The Morgan fingerprint density at radius 2 is 1.48 bits per heavy atom. The summed E-state index contributed by atoms with van der Waals surface area (Å²) >= 11 is 0. The number of carboxylic acids is 2. The second-order valence-corrected chi connectivity index (χ2v) is 6.09. The molecule has 1 aromatic rings. The summed E-state index contributed by atoms with van der Waals surface area (Å²) in [4.78, 5) is 45.3. The average Bonchev–Trinajstić information content (AvgIpc) is 2.92. The standard InChI is InChI=1S/C13H14N2O2.C4H6O6/c16-12-10-5-1-2-6-11(10)13(17)15(12)9-4-3-7-14-8-9;5-1(3(7)8)2(6)4(9)10/h1-2,5-6,9,14H,3-4,7-8H2;1-2,5-6H,(H,7,8)(H,9,10)/t9-;1-,2-/m10/s1. The van der Waals surface area contributed by atoms with Gasteiger partial charge in [-0.05, 0) is 31.5 Å². The van der Waals surface area contributed by atoms with Crippen LogP contribution in [0.2, 0.25) is 0 Å². The van der Waals surface area contributed by atoms with Crippen LogP contribution in [0.3, 0.4) is 0 Å². The van der Waals surface area contributed by atoms with Crippen molar-refractivity contribution in [3.05, 3.63) is 35.4 Å². The van der Waals surface area contributed by atoms with Crippen LogP contribution in [0, 0.1) is 0 Å². The number of aliphatic carboxylic acids is 2. The Balaban J connectivity index is 0.000000227. The molecule has 2 amide bonds. The number of aliphatic hydroxyl groups excluding tert-OH is 2. The number of hydrogen-bond acceptors (Lipinski definition) is 7. The topological polar surface area (TPSA) is 164 Å². The zero-order chi connectivity index (χ0) is 20.1. The maximum Gasteiger partial charge on any atom is 0.335 e. The van der Waals surface area contributed by atoms with Crippen molar-refractivity contribution in [1.29, 1.82) is 0 Å². The summed E-state index contributed by atoms with van der Waals surface area (Å²) in [5.41, 5.74) is 1.09. The number of hydrogen-bond donors (Lipinski definition) is 5. The number of fused-ring (bicyclic) bond motifs is 1. The third-order valence-corrected chi connectivity index (χ3v) is 4.27. The van der Waals surface area contributed by atoms with Crippen molar-refractivity contribution in [2.24, 2.45) is 0 Å². The second-order valence-electron chi connectivity index (χ2n) is 6.09. The van der Waals surface area contributed by atoms with Crippen molar-refractivity contribution in [3.8, 4) is 0 Å². The monoisotopic (exact) mass is 380 g/mol. The number of nitrogens with one attached hydrogen (secondary N) is 1. The van der Waals surface area contributed by atoms with E-state index >= 15 is 0 Å². The summed E-state index contributed by atoms with van der Waals surface area (Å²) in [5, 5.41) is 35.8. The third-order valence-electron chi connectivity index (χ3n) is 4.27. The smallest absolute Gasteiger partial charge is 0.335 e. The Kier molecular flexibility index (Phi) is 6.61. The van der Waals surface area contributed by atoms with E-state index in [-0.39, 0.29) is 17.9 Å². The highest BCUT2D eigenvalue weighted by Crippen LogP contribution is 2.26. The molecule has 0 aliphatic carbocycles. The van der Waals surface area contributed by atoms with Gasteiger partial charge in [-0.1, -0.05) is 12.1 Å². The molecule has 0 unspecified atom stereocenters. The first-order chi connectivity index (χ1) is 12.8. The fraction of sp³-hybridized carbons (Fsp3) is 0.412. The van der Waals surface area contributed by atoms with Crippen LogP contribution in [0.4, 0.5) is 0 Å². The van der Waals surface area contributed by atoms with Gasteiger partial charge in [0.25, 0.3) is 11.8 Å². The molecular formula is C17H20N2O8. The van der Waals surface area contributed by atoms with Gasteiger partial charge in [-0.2, -0.15) is 0 Å². The van der Waals surface area contributed by atoms with Crippen LogP contribution in [-0.2, 0) is 9.59 Å². The van der Waals surface area contributed by atoms with Crippen molar-refractivity contribution >= 4 is 23.8 Å². The van der Waals surface area contributed by atoms with E-state index in [2.05, 4.69) is 5.32 Å². The summed E-state index contributed by atoms with van der Waals surface area (Å²) < 4.78 is 0. The molecule has 2 aliphatic rings. The number of piperidine rings is 1. The van der Waals surface area contributed by atoms with Crippen LogP contribution >= 0.6 is 0 Å². The molecule has 0 saturated carbocycles. The molecule has 0 bridgehead atoms. The molecule has 0 aromatic heterocycles. The van der Waals surface area contributed by atoms with Crippen LogP contribution in [0.1, 0.15) is 33.6 Å². The molecule has 10 nitrogen and oxygen atoms in total. The van der Waals surface area contributed by atoms with Gasteiger partial charge < -0.3 is 25.7 Å². The first-order valence-electron chi connectivity index (χ1n) is 8.25. The third kappa shape index (κ3) is 4.48. The Labute approximate surface area is 154 Å². The van der Waals surface area contributed by atoms with Crippen LogP contribution < -0.4 is 5.32 Å². The van der Waals surface area contributed by atoms with Crippen LogP contribution in [-0.4, -0.2) is 80.4 Å². The van der Waals surface area contributed by atoms with Crippen molar-refractivity contribution in [3.63, 3.8) is 0 Å². The Bertz CT molecular complexity index is 691. The van der Waals surface area contributed by atoms with Gasteiger partial charge in [0.2, 0.25) is 0 Å². The highest BCUT2D eigenvalue weighted by atomic mass is 16.4. The largest absolute Gasteiger partial charge is 0.479 e. The number of nitrogens with zero attached hydrogens (tertiary/aromatic N) is 1. The number of carbonyl (C=O) groups excluding carboxylic acids is 2. The van der Waals surface area contributed by atoms with E-state index in [9.17, 15) is 19.2 Å². The summed E-state index contributed by atoms with van der Waals surface area (Å²) in [6.45, 7) is 1.69. The minimum atomic E-state index is -2.27. The normalized spacial score (nSPS) is 21.0. The Hall–Kier alpha value is -2.82. The maximum atomic E-state index is 12.2. The predicted octanol–water partition coefficient (Wildman–Crippen LogP) is -1.09. The van der Waals surface area contributed by atoms with E-state index in [0.29, 0.717) is 17.7 Å². The molecule has 1 aromatic carbocycles. The lowest BCUT2D eigenvalue weighted by molar-refractivity contribution is -0.165. The number of amides is 2. The highest BCUT2D eigenvalue weighted by Gasteiger charge is 2.39. The molecule has 2 heterocycles. The predicted molar refractivity (Wildman–Crippen MR) is 90.1 cm³/mol. The molecule has 3 rings (SSSR count). The Morgan fingerprint density at radius 3 is 1.85 bits per heavy atom. The number of carbonyl (C=O) groups is 4. The van der Waals surface area contributed by atoms with Gasteiger partial charge in [0.15, 0.2) is 12.2 Å². The Morgan fingerprint density at radius 1 is 1.00 bits per heavy atom. The first-order valence-corrected chi connectivity index (χ1v) is 8.25. The quantitative estimate of drug-likeness (QED) is 0.408. The summed E-state index contributed by atoms with van der Waals surface area (Å²) in [6, 6.07) is 7.06. The van der Waals surface area contributed by atoms with Gasteiger partial charge in [-0.25, -0.2) is 9.59 Å². The van der Waals surface area contributed by atoms with Gasteiger partial charge in [-0.3, -0.25) is 14.5 Å². The van der Waals surface area contributed by atoms with Gasteiger partial charge in [0.1, 0.15) is 0 Å². The average molecular weight is 380 g/mol. The first kappa shape index (κ1) is 20.5. The van der Waals surface area contributed by atoms with Crippen molar-refractivity contribution in [2.45, 2.75) is 31.1 Å². The number of benzene rings is 1. The second kappa shape index (κ2) is 8.71. The van der Waals surface area contributed by atoms with E-state index in [1.165, 1.54) is 4.90 Å². The fourth-order valence-electron chi connectivity index (χ4n) is 2.86. The van der Waals surface area contributed by atoms with Gasteiger partial charge >= 0.3 is 11.9 Å². The van der Waals surface area contributed by atoms with Crippen molar-refractivity contribution in [2.75, 3.05) is 13.1 Å². The molecule has 27 heavy (non-hydrogen) atoms. The van der Waals surface area contributed by atoms with E-state index < -0.39 is 24.1 Å². The van der Waals surface area contributed by atoms with E-state index in [1.807, 2.05) is 0 Å². The maximum absolute atomic E-state index is 12.2. The lowest BCUT2D eigenvalue weighted by Crippen LogP contribution is -2.48. The van der Waals surface area contributed by atoms with E-state index in [4.69, 9.17) is 20.4 Å². The number of carboxylic acid groups (broad SMARTS) is 2. The molecule has 2 aliphatic heterocycles. The van der Waals surface area contributed by atoms with Crippen LogP contribution in [0.15, 0.2) is 24.3 Å². The highest BCUT2D eigenvalue weighted by molar-refractivity contribution is 6.21. The molecule has 5 N–H and O–H groups in total. The van der Waals surface area contributed by atoms with Crippen LogP contribution in [0.5, 0.6) is 0 Å². The number of rotatable bonds is 4. The minimum absolute atomic E-state index is 0.0103. The molecule has 3 atom stereocenters. The zero-order valence-corrected chi connectivity index (χ0v) is 14.2. The number of imide groups is 1. The summed E-state index contributed by atoms with van der Waals surface area (Å²) in [5.74, 6) is -3.82. The van der Waals surface area contributed by atoms with Crippen molar-refractivity contribution < 1.29 is 39.6 Å². The van der Waals surface area contributed by atoms with Crippen LogP contribution in [0.25, 0.3) is 0 Å². The summed E-state index contributed by atoms with van der Waals surface area (Å²) in [6.07, 6.45) is -2.62. The lowest BCUT2D eigenvalue weighted by atomic mass is 10.1. The van der Waals surface area contributed by atoms with Gasteiger partial charge in [0.05, 0.1) is 17.2 Å². The van der Waals surface area contributed by atoms with Gasteiger partial charge in [-0.15, -0.1) is 0 Å². The van der Waals surface area contributed by atoms with E-state index in [0.717, 1.165) is 19.4 Å². The molecule has 0 radical (unpaired) electrons. The van der Waals surface area contributed by atoms with Crippen molar-refractivity contribution in [1.82, 2.24) is 10.2 Å². The fourth-order valence-corrected chi connectivity index (χ4v) is 2.86. The molecule has 146 valence electrons. The van der Waals surface area contributed by atoms with E-state index in [1.54, 1.807) is 24.3 Å². The zero-order valence-electron chi connectivity index (χ0n) is 14.2. The summed E-state index contributed by atoms with van der Waals surface area (Å²) in [7, 11) is 0. The molecule has 10 heteroatoms. The lowest BCUT2D eigenvalue weighted by Gasteiger charge is -2.29. The molecule has 1 fully saturated rings. The molecular weight excluding hydrogens is 360 g/mol. The number of aliphatic hydroxyl groups is 2. The van der Waals surface area contributed by atoms with Gasteiger partial charge in [0, 0.05) is 6.54 Å². The molecule has 1 saturated heterocycles. The minimum Gasteiger partial charge on any atom is -0.479 e.